The van der Waals surface area contributed by atoms with Crippen molar-refractivity contribution in [3.05, 3.63) is 95.6 Å². The molecule has 0 aliphatic carbocycles. The van der Waals surface area contributed by atoms with Crippen molar-refractivity contribution >= 4 is 12.4 Å². The SMILES string of the molecule is COc1ccc(C(C)NCCC(c2ccccc2)c2ccccc2)cc1OC.Cl. The lowest BCUT2D eigenvalue weighted by atomic mass is 9.88. The summed E-state index contributed by atoms with van der Waals surface area (Å²) in [6, 6.07) is 27.8. The van der Waals surface area contributed by atoms with Crippen LogP contribution in [0.5, 0.6) is 11.5 Å². The van der Waals surface area contributed by atoms with Crippen LogP contribution in [-0.4, -0.2) is 20.8 Å². The maximum atomic E-state index is 5.43. The Morgan fingerprint density at radius 2 is 1.28 bits per heavy atom. The molecule has 0 aliphatic rings. The summed E-state index contributed by atoms with van der Waals surface area (Å²) in [6.07, 6.45) is 1.03. The van der Waals surface area contributed by atoms with Crippen molar-refractivity contribution in [1.82, 2.24) is 5.32 Å². The zero-order valence-corrected chi connectivity index (χ0v) is 18.1. The number of hydrogen-bond acceptors (Lipinski definition) is 3. The van der Waals surface area contributed by atoms with Gasteiger partial charge >= 0.3 is 0 Å². The van der Waals surface area contributed by atoms with Crippen molar-refractivity contribution in [1.29, 1.82) is 0 Å². The first-order chi connectivity index (χ1) is 13.7. The van der Waals surface area contributed by atoms with Gasteiger partial charge in [0.05, 0.1) is 14.2 Å². The van der Waals surface area contributed by atoms with Gasteiger partial charge in [0.2, 0.25) is 0 Å². The van der Waals surface area contributed by atoms with E-state index in [1.807, 2.05) is 12.1 Å². The normalized spacial score (nSPS) is 11.6. The van der Waals surface area contributed by atoms with Gasteiger partial charge in [-0.25, -0.2) is 0 Å². The number of hydrogen-bond donors (Lipinski definition) is 1. The van der Waals surface area contributed by atoms with Crippen LogP contribution in [-0.2, 0) is 0 Å². The van der Waals surface area contributed by atoms with Gasteiger partial charge in [0.25, 0.3) is 0 Å². The molecule has 3 rings (SSSR count). The van der Waals surface area contributed by atoms with E-state index in [1.165, 1.54) is 16.7 Å². The highest BCUT2D eigenvalue weighted by Crippen LogP contribution is 2.31. The van der Waals surface area contributed by atoms with E-state index in [1.54, 1.807) is 14.2 Å². The topological polar surface area (TPSA) is 30.5 Å². The van der Waals surface area contributed by atoms with Crippen molar-refractivity contribution in [3.8, 4) is 11.5 Å². The fraction of sp³-hybridized carbons (Fsp3) is 0.280. The Hall–Kier alpha value is -2.49. The molecular weight excluding hydrogens is 382 g/mol. The Labute approximate surface area is 180 Å². The number of ether oxygens (including phenoxy) is 2. The maximum absolute atomic E-state index is 5.43. The summed E-state index contributed by atoms with van der Waals surface area (Å²) in [5.41, 5.74) is 3.90. The van der Waals surface area contributed by atoms with Crippen LogP contribution in [0.4, 0.5) is 0 Å². The Morgan fingerprint density at radius 1 is 0.724 bits per heavy atom. The minimum Gasteiger partial charge on any atom is -0.493 e. The second kappa shape index (κ2) is 11.5. The third-order valence-corrected chi connectivity index (χ3v) is 5.20. The van der Waals surface area contributed by atoms with E-state index in [4.69, 9.17) is 9.47 Å². The van der Waals surface area contributed by atoms with Gasteiger partial charge in [-0.1, -0.05) is 66.7 Å². The van der Waals surface area contributed by atoms with E-state index in [0.29, 0.717) is 5.92 Å². The predicted octanol–water partition coefficient (Wildman–Crippen LogP) is 6.00. The van der Waals surface area contributed by atoms with Gasteiger partial charge in [-0.2, -0.15) is 0 Å². The van der Waals surface area contributed by atoms with Gasteiger partial charge in [-0.05, 0) is 48.7 Å². The molecule has 0 fully saturated rings. The Balaban J connectivity index is 0.00000300. The van der Waals surface area contributed by atoms with Gasteiger partial charge in [0.1, 0.15) is 0 Å². The van der Waals surface area contributed by atoms with Crippen LogP contribution in [0, 0.1) is 0 Å². The molecule has 0 spiro atoms. The molecule has 1 unspecified atom stereocenters. The highest BCUT2D eigenvalue weighted by atomic mass is 35.5. The van der Waals surface area contributed by atoms with E-state index in [-0.39, 0.29) is 18.4 Å². The van der Waals surface area contributed by atoms with Gasteiger partial charge in [-0.15, -0.1) is 12.4 Å². The summed E-state index contributed by atoms with van der Waals surface area (Å²) in [5.74, 6) is 1.90. The second-order valence-electron chi connectivity index (χ2n) is 6.95. The molecule has 0 aromatic heterocycles. The smallest absolute Gasteiger partial charge is 0.161 e. The van der Waals surface area contributed by atoms with Crippen LogP contribution in [0.3, 0.4) is 0 Å². The van der Waals surface area contributed by atoms with E-state index >= 15 is 0 Å². The van der Waals surface area contributed by atoms with Crippen molar-refractivity contribution in [2.24, 2.45) is 0 Å². The molecule has 3 nitrogen and oxygen atoms in total. The zero-order valence-electron chi connectivity index (χ0n) is 17.3. The predicted molar refractivity (Wildman–Crippen MR) is 123 cm³/mol. The summed E-state index contributed by atoms with van der Waals surface area (Å²) in [7, 11) is 3.33. The van der Waals surface area contributed by atoms with E-state index in [9.17, 15) is 0 Å². The molecule has 0 aliphatic heterocycles. The fourth-order valence-electron chi connectivity index (χ4n) is 3.58. The largest absolute Gasteiger partial charge is 0.493 e. The number of nitrogens with one attached hydrogen (secondary N) is 1. The number of halogens is 1. The van der Waals surface area contributed by atoms with Crippen LogP contribution in [0.25, 0.3) is 0 Å². The number of rotatable bonds is 9. The summed E-state index contributed by atoms with van der Waals surface area (Å²) in [4.78, 5) is 0. The molecule has 0 bridgehead atoms. The number of benzene rings is 3. The first-order valence-electron chi connectivity index (χ1n) is 9.78. The first-order valence-corrected chi connectivity index (χ1v) is 9.78. The maximum Gasteiger partial charge on any atom is 0.161 e. The van der Waals surface area contributed by atoms with Crippen LogP contribution in [0.15, 0.2) is 78.9 Å². The average molecular weight is 412 g/mol. The minimum absolute atomic E-state index is 0. The Morgan fingerprint density at radius 3 is 1.79 bits per heavy atom. The lowest BCUT2D eigenvalue weighted by Crippen LogP contribution is -2.22. The minimum atomic E-state index is 0. The third-order valence-electron chi connectivity index (χ3n) is 5.20. The summed E-state index contributed by atoms with van der Waals surface area (Å²) < 4.78 is 10.8. The van der Waals surface area contributed by atoms with Crippen molar-refractivity contribution < 1.29 is 9.47 Å². The number of methoxy groups -OCH3 is 2. The average Bonchev–Trinajstić information content (AvgIpc) is 2.77. The van der Waals surface area contributed by atoms with E-state index < -0.39 is 0 Å². The molecule has 1 N–H and O–H groups in total. The van der Waals surface area contributed by atoms with Gasteiger partial charge < -0.3 is 14.8 Å². The van der Waals surface area contributed by atoms with Crippen LogP contribution in [0.2, 0.25) is 0 Å². The van der Waals surface area contributed by atoms with E-state index in [2.05, 4.69) is 79.0 Å². The molecule has 1 atom stereocenters. The third kappa shape index (κ3) is 5.99. The highest BCUT2D eigenvalue weighted by molar-refractivity contribution is 5.85. The lowest BCUT2D eigenvalue weighted by molar-refractivity contribution is 0.354. The summed E-state index contributed by atoms with van der Waals surface area (Å²) in [5, 5.41) is 3.66. The van der Waals surface area contributed by atoms with Crippen molar-refractivity contribution in [3.63, 3.8) is 0 Å². The van der Waals surface area contributed by atoms with Gasteiger partial charge in [-0.3, -0.25) is 0 Å². The molecule has 3 aromatic rings. The second-order valence-corrected chi connectivity index (χ2v) is 6.95. The van der Waals surface area contributed by atoms with Crippen LogP contribution in [0.1, 0.15) is 42.0 Å². The van der Waals surface area contributed by atoms with E-state index in [0.717, 1.165) is 24.5 Å². The van der Waals surface area contributed by atoms with Crippen LogP contribution >= 0.6 is 12.4 Å². The fourth-order valence-corrected chi connectivity index (χ4v) is 3.58. The zero-order chi connectivity index (χ0) is 19.8. The van der Waals surface area contributed by atoms with Gasteiger partial charge in [0, 0.05) is 12.0 Å². The first kappa shape index (κ1) is 22.8. The van der Waals surface area contributed by atoms with Crippen molar-refractivity contribution in [2.75, 3.05) is 20.8 Å². The molecule has 0 saturated carbocycles. The Kier molecular flexibility index (Phi) is 9.04. The molecule has 0 heterocycles. The molecule has 0 amide bonds. The molecule has 29 heavy (non-hydrogen) atoms. The molecule has 0 saturated heterocycles. The van der Waals surface area contributed by atoms with Crippen LogP contribution < -0.4 is 14.8 Å². The molecule has 0 radical (unpaired) electrons. The van der Waals surface area contributed by atoms with Gasteiger partial charge in [0.15, 0.2) is 11.5 Å². The molecular formula is C25H30ClNO2. The standard InChI is InChI=1S/C25H29NO2.ClH/c1-19(22-14-15-24(27-2)25(18-22)28-3)26-17-16-23(20-10-6-4-7-11-20)21-12-8-5-9-13-21;/h4-15,18-19,23,26H,16-17H2,1-3H3;1H. The quantitative estimate of drug-likeness (QED) is 0.468. The summed E-state index contributed by atoms with van der Waals surface area (Å²) in [6.45, 7) is 3.10. The van der Waals surface area contributed by atoms with Crippen molar-refractivity contribution in [2.45, 2.75) is 25.3 Å². The highest BCUT2D eigenvalue weighted by Gasteiger charge is 2.15. The molecule has 154 valence electrons. The monoisotopic (exact) mass is 411 g/mol. The molecule has 4 heteroatoms. The summed E-state index contributed by atoms with van der Waals surface area (Å²) >= 11 is 0. The Bertz CT molecular complexity index is 816. The molecule has 3 aromatic carbocycles. The lowest BCUT2D eigenvalue weighted by Gasteiger charge is -2.21.